The number of hydrogen-bond acceptors (Lipinski definition) is 4. The predicted molar refractivity (Wildman–Crippen MR) is 109 cm³/mol. The first-order chi connectivity index (χ1) is 13.3. The Balaban J connectivity index is 1.63. The lowest BCUT2D eigenvalue weighted by Gasteiger charge is -2.19. The number of amides is 1. The van der Waals surface area contributed by atoms with Gasteiger partial charge in [-0.2, -0.15) is 0 Å². The highest BCUT2D eigenvalue weighted by molar-refractivity contribution is 5.99. The molecule has 1 amide bonds. The van der Waals surface area contributed by atoms with Crippen LogP contribution in [0, 0.1) is 5.92 Å². The van der Waals surface area contributed by atoms with Crippen molar-refractivity contribution >= 4 is 17.6 Å². The molecule has 2 aromatic rings. The summed E-state index contributed by atoms with van der Waals surface area (Å²) in [5, 5.41) is 0. The van der Waals surface area contributed by atoms with Crippen LogP contribution in [0.4, 0.5) is 5.69 Å². The Kier molecular flexibility index (Phi) is 5.73. The number of carbonyl (C=O) groups is 2. The zero-order valence-corrected chi connectivity index (χ0v) is 16.9. The lowest BCUT2D eigenvalue weighted by Crippen LogP contribution is -2.27. The summed E-state index contributed by atoms with van der Waals surface area (Å²) in [6.45, 7) is 9.23. The third-order valence-corrected chi connectivity index (χ3v) is 4.86. The van der Waals surface area contributed by atoms with E-state index in [-0.39, 0.29) is 23.7 Å². The van der Waals surface area contributed by atoms with Crippen molar-refractivity contribution in [1.29, 1.82) is 0 Å². The first-order valence-corrected chi connectivity index (χ1v) is 9.63. The molecule has 1 heterocycles. The van der Waals surface area contributed by atoms with Crippen molar-refractivity contribution in [1.82, 2.24) is 0 Å². The Morgan fingerprint density at radius 3 is 2.21 bits per heavy atom. The summed E-state index contributed by atoms with van der Waals surface area (Å²) in [5.74, 6) is 0.346. The van der Waals surface area contributed by atoms with Crippen LogP contribution in [-0.4, -0.2) is 25.0 Å². The predicted octanol–water partition coefficient (Wildman–Crippen LogP) is 4.34. The van der Waals surface area contributed by atoms with E-state index >= 15 is 0 Å². The molecular weight excluding hydrogens is 354 g/mol. The molecule has 1 fully saturated rings. The van der Waals surface area contributed by atoms with Gasteiger partial charge in [0.2, 0.25) is 5.91 Å². The van der Waals surface area contributed by atoms with Crippen LogP contribution in [0.3, 0.4) is 0 Å². The number of ether oxygens (including phenoxy) is 2. The van der Waals surface area contributed by atoms with Gasteiger partial charge in [-0.3, -0.25) is 9.59 Å². The van der Waals surface area contributed by atoms with Gasteiger partial charge in [0, 0.05) is 18.7 Å². The summed E-state index contributed by atoms with van der Waals surface area (Å²) in [6, 6.07) is 14.9. The van der Waals surface area contributed by atoms with Crippen molar-refractivity contribution in [2.75, 3.05) is 18.1 Å². The first-order valence-electron chi connectivity index (χ1n) is 9.63. The maximum atomic E-state index is 12.5. The van der Waals surface area contributed by atoms with Crippen LogP contribution in [0.15, 0.2) is 48.5 Å². The van der Waals surface area contributed by atoms with E-state index in [9.17, 15) is 9.59 Å². The lowest BCUT2D eigenvalue weighted by atomic mass is 9.87. The van der Waals surface area contributed by atoms with E-state index < -0.39 is 5.92 Å². The fraction of sp³-hybridized carbons (Fsp3) is 0.391. The van der Waals surface area contributed by atoms with Gasteiger partial charge >= 0.3 is 5.97 Å². The Morgan fingerprint density at radius 2 is 1.64 bits per heavy atom. The average molecular weight is 381 g/mol. The Bertz CT molecular complexity index is 834. The third kappa shape index (κ3) is 4.53. The summed E-state index contributed by atoms with van der Waals surface area (Å²) in [4.78, 5) is 26.6. The Morgan fingerprint density at radius 1 is 1.04 bits per heavy atom. The molecule has 5 nitrogen and oxygen atoms in total. The van der Waals surface area contributed by atoms with E-state index in [1.54, 1.807) is 17.0 Å². The normalized spacial score (nSPS) is 16.9. The summed E-state index contributed by atoms with van der Waals surface area (Å²) < 4.78 is 10.9. The van der Waals surface area contributed by atoms with Gasteiger partial charge < -0.3 is 14.4 Å². The van der Waals surface area contributed by atoms with Crippen molar-refractivity contribution in [2.45, 2.75) is 39.5 Å². The highest BCUT2D eigenvalue weighted by Crippen LogP contribution is 2.29. The maximum Gasteiger partial charge on any atom is 0.316 e. The van der Waals surface area contributed by atoms with Crippen molar-refractivity contribution in [3.8, 4) is 11.5 Å². The molecule has 0 unspecified atom stereocenters. The van der Waals surface area contributed by atoms with Crippen LogP contribution < -0.4 is 14.4 Å². The maximum absolute atomic E-state index is 12.5. The summed E-state index contributed by atoms with van der Waals surface area (Å²) in [7, 11) is 0. The average Bonchev–Trinajstić information content (AvgIpc) is 3.04. The minimum absolute atomic E-state index is 0.0403. The second-order valence-electron chi connectivity index (χ2n) is 8.03. The van der Waals surface area contributed by atoms with E-state index in [1.165, 1.54) is 5.56 Å². The molecular formula is C23H27NO4. The number of hydrogen-bond donors (Lipinski definition) is 0. The topological polar surface area (TPSA) is 55.8 Å². The van der Waals surface area contributed by atoms with E-state index in [4.69, 9.17) is 9.47 Å². The van der Waals surface area contributed by atoms with Gasteiger partial charge in [0.05, 0.1) is 12.5 Å². The molecule has 1 aliphatic heterocycles. The van der Waals surface area contributed by atoms with Gasteiger partial charge in [-0.15, -0.1) is 0 Å². The molecule has 0 aliphatic carbocycles. The molecule has 0 bridgehead atoms. The van der Waals surface area contributed by atoms with Crippen LogP contribution in [-0.2, 0) is 15.0 Å². The zero-order chi connectivity index (χ0) is 20.3. The number of anilines is 1. The summed E-state index contributed by atoms with van der Waals surface area (Å²) in [5.41, 5.74) is 1.97. The molecule has 2 aromatic carbocycles. The zero-order valence-electron chi connectivity index (χ0n) is 16.9. The molecule has 0 aromatic heterocycles. The molecule has 1 atom stereocenters. The quantitative estimate of drug-likeness (QED) is 0.571. The van der Waals surface area contributed by atoms with Gasteiger partial charge in [-0.05, 0) is 54.3 Å². The SMILES string of the molecule is CCOc1ccc(N2C[C@@H](C(=O)Oc3ccc(C(C)(C)C)cc3)CC2=O)cc1. The largest absolute Gasteiger partial charge is 0.494 e. The number of rotatable bonds is 5. The highest BCUT2D eigenvalue weighted by Gasteiger charge is 2.36. The van der Waals surface area contributed by atoms with E-state index in [1.807, 2.05) is 43.3 Å². The molecule has 0 spiro atoms. The number of carbonyl (C=O) groups excluding carboxylic acids is 2. The highest BCUT2D eigenvalue weighted by atomic mass is 16.5. The van der Waals surface area contributed by atoms with E-state index in [0.717, 1.165) is 11.4 Å². The molecule has 1 saturated heterocycles. The molecule has 3 rings (SSSR count). The Labute approximate surface area is 166 Å². The second kappa shape index (κ2) is 8.05. The van der Waals surface area contributed by atoms with Crippen molar-refractivity contribution < 1.29 is 19.1 Å². The van der Waals surface area contributed by atoms with Crippen LogP contribution >= 0.6 is 0 Å². The molecule has 1 aliphatic rings. The lowest BCUT2D eigenvalue weighted by molar-refractivity contribution is -0.139. The molecule has 28 heavy (non-hydrogen) atoms. The van der Waals surface area contributed by atoms with Gasteiger partial charge in [0.25, 0.3) is 0 Å². The third-order valence-electron chi connectivity index (χ3n) is 4.86. The molecule has 0 saturated carbocycles. The Hall–Kier alpha value is -2.82. The fourth-order valence-electron chi connectivity index (χ4n) is 3.23. The van der Waals surface area contributed by atoms with Gasteiger partial charge in [-0.25, -0.2) is 0 Å². The monoisotopic (exact) mass is 381 g/mol. The molecule has 0 N–H and O–H groups in total. The van der Waals surface area contributed by atoms with Crippen LogP contribution in [0.25, 0.3) is 0 Å². The van der Waals surface area contributed by atoms with Gasteiger partial charge in [0.15, 0.2) is 0 Å². The van der Waals surface area contributed by atoms with Crippen molar-refractivity contribution in [3.05, 3.63) is 54.1 Å². The number of nitrogens with zero attached hydrogens (tertiary/aromatic N) is 1. The van der Waals surface area contributed by atoms with Gasteiger partial charge in [0.1, 0.15) is 11.5 Å². The summed E-state index contributed by atoms with van der Waals surface area (Å²) in [6.07, 6.45) is 0.159. The molecule has 0 radical (unpaired) electrons. The second-order valence-corrected chi connectivity index (χ2v) is 8.03. The fourth-order valence-corrected chi connectivity index (χ4v) is 3.23. The number of esters is 1. The smallest absolute Gasteiger partial charge is 0.316 e. The first kappa shape index (κ1) is 19.9. The standard InChI is InChI=1S/C23H27NO4/c1-5-27-19-12-8-18(9-13-19)24-15-16(14-21(24)25)22(26)28-20-10-6-17(7-11-20)23(2,3)4/h6-13,16H,5,14-15H2,1-4H3/t16-/m0/s1. The molecule has 5 heteroatoms. The minimum atomic E-state index is -0.471. The van der Waals surface area contributed by atoms with E-state index in [0.29, 0.717) is 18.9 Å². The van der Waals surface area contributed by atoms with Crippen molar-refractivity contribution in [3.63, 3.8) is 0 Å². The van der Waals surface area contributed by atoms with E-state index in [2.05, 4.69) is 20.8 Å². The number of benzene rings is 2. The minimum Gasteiger partial charge on any atom is -0.494 e. The van der Waals surface area contributed by atoms with Crippen LogP contribution in [0.5, 0.6) is 11.5 Å². The van der Waals surface area contributed by atoms with Crippen LogP contribution in [0.2, 0.25) is 0 Å². The molecule has 148 valence electrons. The van der Waals surface area contributed by atoms with Gasteiger partial charge in [-0.1, -0.05) is 32.9 Å². The van der Waals surface area contributed by atoms with Crippen LogP contribution in [0.1, 0.15) is 39.7 Å². The van der Waals surface area contributed by atoms with Crippen molar-refractivity contribution in [2.24, 2.45) is 5.92 Å². The summed E-state index contributed by atoms with van der Waals surface area (Å²) >= 11 is 0.